The standard InChI is InChI=1S/C70H61BN2O2S/c1-40-34-50-51(69(7,8)33-32-68(50,5)6)37-54(40)72-55-39-60-59(74-57-25-17-18-26-58(57)75-60)38-52(55)71-64-56(72)36-48-44-23-15-19-27-61(44)76-66(48)62(64)46-30-29-45-43-22-14-16-24-49(43)70(9,10)63(45)65(46)73(71)53-31-28-42(67(2,3)4)35-47(53)41-20-12-11-13-21-41/h11-31,34-39H,32-33H2,1-10H3. The van der Waals surface area contributed by atoms with E-state index in [4.69, 9.17) is 9.47 Å². The van der Waals surface area contributed by atoms with E-state index in [1.165, 1.54) is 121 Å². The lowest BCUT2D eigenvalue weighted by Crippen LogP contribution is -2.62. The molecule has 76 heavy (non-hydrogen) atoms. The van der Waals surface area contributed by atoms with Gasteiger partial charge in [-0.2, -0.15) is 0 Å². The lowest BCUT2D eigenvalue weighted by atomic mass is 9.43. The molecule has 3 aliphatic heterocycles. The van der Waals surface area contributed by atoms with Crippen LogP contribution in [-0.2, 0) is 21.7 Å². The molecule has 2 aliphatic carbocycles. The number of hydrogen-bond donors (Lipinski definition) is 0. The Morgan fingerprint density at radius 1 is 0.526 bits per heavy atom. The van der Waals surface area contributed by atoms with Crippen molar-refractivity contribution < 1.29 is 9.47 Å². The fraction of sp³-hybridized carbons (Fsp3) is 0.229. The summed E-state index contributed by atoms with van der Waals surface area (Å²) in [5, 5.41) is 2.57. The van der Waals surface area contributed by atoms with Crippen molar-refractivity contribution in [3.63, 3.8) is 0 Å². The Morgan fingerprint density at radius 2 is 1.18 bits per heavy atom. The summed E-state index contributed by atoms with van der Waals surface area (Å²) in [4.78, 5) is 5.41. The Morgan fingerprint density at radius 3 is 1.93 bits per heavy atom. The van der Waals surface area contributed by atoms with Gasteiger partial charge in [0.2, 0.25) is 0 Å². The number of nitrogens with zero attached hydrogens (tertiary/aromatic N) is 2. The highest BCUT2D eigenvalue weighted by atomic mass is 32.1. The average molecular weight is 1010 g/mol. The zero-order valence-corrected chi connectivity index (χ0v) is 46.0. The molecule has 4 nitrogen and oxygen atoms in total. The van der Waals surface area contributed by atoms with Crippen molar-refractivity contribution in [2.24, 2.45) is 0 Å². The maximum Gasteiger partial charge on any atom is 0.333 e. The van der Waals surface area contributed by atoms with Crippen LogP contribution < -0.4 is 30.1 Å². The van der Waals surface area contributed by atoms with Crippen molar-refractivity contribution in [2.75, 3.05) is 9.71 Å². The Hall–Kier alpha value is -7.54. The Kier molecular flexibility index (Phi) is 9.37. The summed E-state index contributed by atoms with van der Waals surface area (Å²) in [7, 11) is 0. The lowest BCUT2D eigenvalue weighted by molar-refractivity contribution is 0.332. The second kappa shape index (κ2) is 15.5. The molecule has 0 bridgehead atoms. The number of hydrogen-bond acceptors (Lipinski definition) is 5. The first kappa shape index (κ1) is 45.8. The molecule has 15 rings (SSSR count). The van der Waals surface area contributed by atoms with Crippen LogP contribution in [0.2, 0.25) is 0 Å². The summed E-state index contributed by atoms with van der Waals surface area (Å²) >= 11 is 1.94. The number of benzene rings is 9. The number of fused-ring (bicyclic) bond motifs is 15. The van der Waals surface area contributed by atoms with Crippen molar-refractivity contribution in [3.05, 3.63) is 197 Å². The SMILES string of the molecule is Cc1cc2c(cc1N1c3cc4c(cc3B3c5c1cc1c(sc6ccccc61)c5-c1ccc5c(c1N3c1ccc(C(C)(C)C)cc1-c1ccccc1)C(C)(C)c1ccccc1-5)Oc1ccccc1O4)C(C)(C)CCC2(C)C. The molecule has 372 valence electrons. The third-order valence-electron chi connectivity index (χ3n) is 18.2. The molecule has 1 aromatic heterocycles. The van der Waals surface area contributed by atoms with E-state index in [0.29, 0.717) is 5.75 Å². The lowest BCUT2D eigenvalue weighted by Gasteiger charge is -2.48. The van der Waals surface area contributed by atoms with Gasteiger partial charge in [-0.3, -0.25) is 0 Å². The zero-order valence-electron chi connectivity index (χ0n) is 45.2. The monoisotopic (exact) mass is 1000 g/mol. The van der Waals surface area contributed by atoms with E-state index >= 15 is 0 Å². The minimum atomic E-state index is -0.330. The van der Waals surface area contributed by atoms with Crippen LogP contribution in [0.5, 0.6) is 23.0 Å². The number of ether oxygens (including phenoxy) is 2. The van der Waals surface area contributed by atoms with Gasteiger partial charge >= 0.3 is 6.85 Å². The van der Waals surface area contributed by atoms with Crippen LogP contribution in [0, 0.1) is 6.92 Å². The molecule has 0 amide bonds. The highest BCUT2D eigenvalue weighted by molar-refractivity contribution is 7.26. The van der Waals surface area contributed by atoms with Crippen molar-refractivity contribution in [3.8, 4) is 56.4 Å². The predicted molar refractivity (Wildman–Crippen MR) is 321 cm³/mol. The topological polar surface area (TPSA) is 24.9 Å². The van der Waals surface area contributed by atoms with Gasteiger partial charge in [-0.15, -0.1) is 11.3 Å². The first-order valence-corrected chi connectivity index (χ1v) is 28.1. The Bertz CT molecular complexity index is 4170. The molecule has 5 aliphatic rings. The zero-order chi connectivity index (χ0) is 51.9. The summed E-state index contributed by atoms with van der Waals surface area (Å²) in [6.45, 7) is 23.7. The fourth-order valence-electron chi connectivity index (χ4n) is 14.1. The first-order chi connectivity index (χ1) is 36.5. The van der Waals surface area contributed by atoms with E-state index < -0.39 is 0 Å². The molecule has 0 radical (unpaired) electrons. The van der Waals surface area contributed by atoms with Gasteiger partial charge in [-0.1, -0.05) is 172 Å². The maximum atomic E-state index is 7.02. The molecule has 10 aromatic rings. The van der Waals surface area contributed by atoms with E-state index in [1.54, 1.807) is 0 Å². The quantitative estimate of drug-likeness (QED) is 0.165. The second-order valence-electron chi connectivity index (χ2n) is 25.1. The van der Waals surface area contributed by atoms with Gasteiger partial charge in [0.1, 0.15) is 0 Å². The third kappa shape index (κ3) is 6.31. The highest BCUT2D eigenvalue weighted by Crippen LogP contribution is 2.61. The largest absolute Gasteiger partial charge is 0.450 e. The van der Waals surface area contributed by atoms with Crippen molar-refractivity contribution in [1.29, 1.82) is 0 Å². The van der Waals surface area contributed by atoms with Crippen LogP contribution in [0.25, 0.3) is 53.6 Å². The van der Waals surface area contributed by atoms with Crippen LogP contribution in [0.1, 0.15) is 109 Å². The molecule has 9 aromatic carbocycles. The van der Waals surface area contributed by atoms with Crippen molar-refractivity contribution in [2.45, 2.75) is 104 Å². The predicted octanol–water partition coefficient (Wildman–Crippen LogP) is 18.6. The smallest absolute Gasteiger partial charge is 0.333 e. The molecular formula is C70H61BN2O2S. The van der Waals surface area contributed by atoms with Gasteiger partial charge in [-0.05, 0) is 146 Å². The Balaban J connectivity index is 1.14. The number of anilines is 5. The Labute approximate surface area is 451 Å². The van der Waals surface area contributed by atoms with Crippen LogP contribution >= 0.6 is 11.3 Å². The minimum Gasteiger partial charge on any atom is -0.450 e. The van der Waals surface area contributed by atoms with Gasteiger partial charge in [0.15, 0.2) is 23.0 Å². The number of para-hydroxylation sites is 2. The molecule has 0 N–H and O–H groups in total. The van der Waals surface area contributed by atoms with Crippen LogP contribution in [0.3, 0.4) is 0 Å². The van der Waals surface area contributed by atoms with E-state index in [-0.39, 0.29) is 28.5 Å². The third-order valence-corrected chi connectivity index (χ3v) is 19.4. The van der Waals surface area contributed by atoms with Gasteiger partial charge in [0.05, 0.1) is 0 Å². The van der Waals surface area contributed by atoms with Crippen LogP contribution in [0.4, 0.5) is 28.4 Å². The van der Waals surface area contributed by atoms with Gasteiger partial charge < -0.3 is 19.2 Å². The number of aryl methyl sites for hydroxylation is 1. The van der Waals surface area contributed by atoms with Gasteiger partial charge in [0.25, 0.3) is 0 Å². The van der Waals surface area contributed by atoms with Gasteiger partial charge in [-0.25, -0.2) is 0 Å². The molecule has 0 atom stereocenters. The molecule has 0 fully saturated rings. The van der Waals surface area contributed by atoms with Crippen molar-refractivity contribution >= 4 is 77.7 Å². The second-order valence-corrected chi connectivity index (χ2v) is 26.2. The molecule has 0 unspecified atom stereocenters. The summed E-state index contributed by atoms with van der Waals surface area (Å²) in [5.41, 5.74) is 23.8. The maximum absolute atomic E-state index is 7.02. The summed E-state index contributed by atoms with van der Waals surface area (Å²) < 4.78 is 16.6. The summed E-state index contributed by atoms with van der Waals surface area (Å²) in [6.07, 6.45) is 2.28. The molecular weight excluding hydrogens is 944 g/mol. The molecule has 0 spiro atoms. The molecule has 4 heterocycles. The van der Waals surface area contributed by atoms with Crippen molar-refractivity contribution in [1.82, 2.24) is 0 Å². The van der Waals surface area contributed by atoms with Crippen LogP contribution in [-0.4, -0.2) is 6.85 Å². The molecule has 0 saturated carbocycles. The van der Waals surface area contributed by atoms with E-state index in [9.17, 15) is 0 Å². The number of rotatable bonds is 3. The molecule has 0 saturated heterocycles. The van der Waals surface area contributed by atoms with Gasteiger partial charge in [0, 0.05) is 76.8 Å². The van der Waals surface area contributed by atoms with E-state index in [1.807, 2.05) is 35.6 Å². The normalized spacial score (nSPS) is 16.6. The van der Waals surface area contributed by atoms with Crippen LogP contribution in [0.15, 0.2) is 164 Å². The summed E-state index contributed by atoms with van der Waals surface area (Å²) in [6, 6.07) is 61.9. The number of thiophene rings is 1. The summed E-state index contributed by atoms with van der Waals surface area (Å²) in [5.74, 6) is 2.87. The minimum absolute atomic E-state index is 0.00847. The average Bonchev–Trinajstić information content (AvgIpc) is 4.08. The van der Waals surface area contributed by atoms with E-state index in [0.717, 1.165) is 35.8 Å². The highest BCUT2D eigenvalue weighted by Gasteiger charge is 2.51. The first-order valence-electron chi connectivity index (χ1n) is 27.3. The van der Waals surface area contributed by atoms with E-state index in [2.05, 4.69) is 218 Å². The fourth-order valence-corrected chi connectivity index (χ4v) is 15.3. The molecule has 6 heteroatoms.